The van der Waals surface area contributed by atoms with Crippen molar-refractivity contribution in [2.45, 2.75) is 11.8 Å². The van der Waals surface area contributed by atoms with Crippen LogP contribution in [0.2, 0.25) is 5.02 Å². The van der Waals surface area contributed by atoms with E-state index in [0.29, 0.717) is 10.7 Å². The van der Waals surface area contributed by atoms with E-state index < -0.39 is 21.8 Å². The third-order valence-electron chi connectivity index (χ3n) is 3.09. The summed E-state index contributed by atoms with van der Waals surface area (Å²) in [6, 6.07) is 10.0. The molecule has 0 radical (unpaired) electrons. The summed E-state index contributed by atoms with van der Waals surface area (Å²) in [5.41, 5.74) is 1.43. The third kappa shape index (κ3) is 4.54. The fraction of sp³-hybridized carbons (Fsp3) is 0.0667. The second-order valence-electron chi connectivity index (χ2n) is 4.94. The maximum absolute atomic E-state index is 11.9. The molecule has 7 nitrogen and oxygen atoms in total. The Morgan fingerprint density at radius 2 is 1.58 bits per heavy atom. The van der Waals surface area contributed by atoms with Gasteiger partial charge in [0.25, 0.3) is 0 Å². The molecule has 0 unspecified atom stereocenters. The largest absolute Gasteiger partial charge is 0.318 e. The number of sulfonamides is 1. The Labute approximate surface area is 143 Å². The fourth-order valence-electron chi connectivity index (χ4n) is 1.82. The SMILES string of the molecule is Cc1ccc(Cl)cc1NC(=O)C(=O)Nc1ccc(S(N)(=O)=O)cc1. The van der Waals surface area contributed by atoms with E-state index in [1.165, 1.54) is 30.3 Å². The van der Waals surface area contributed by atoms with Gasteiger partial charge >= 0.3 is 11.8 Å². The molecule has 2 amide bonds. The average Bonchev–Trinajstić information content (AvgIpc) is 2.50. The summed E-state index contributed by atoms with van der Waals surface area (Å²) < 4.78 is 22.3. The maximum Gasteiger partial charge on any atom is 0.314 e. The highest BCUT2D eigenvalue weighted by molar-refractivity contribution is 7.89. The predicted octanol–water partition coefficient (Wildman–Crippen LogP) is 1.87. The van der Waals surface area contributed by atoms with E-state index in [-0.39, 0.29) is 10.6 Å². The molecule has 0 spiro atoms. The van der Waals surface area contributed by atoms with Gasteiger partial charge in [-0.05, 0) is 48.9 Å². The summed E-state index contributed by atoms with van der Waals surface area (Å²) in [6.45, 7) is 1.76. The van der Waals surface area contributed by atoms with Crippen LogP contribution in [0.5, 0.6) is 0 Å². The molecule has 0 aliphatic heterocycles. The Morgan fingerprint density at radius 1 is 1.00 bits per heavy atom. The molecule has 2 rings (SSSR count). The Kier molecular flexibility index (Phi) is 5.23. The van der Waals surface area contributed by atoms with E-state index in [0.717, 1.165) is 5.56 Å². The van der Waals surface area contributed by atoms with Gasteiger partial charge in [0.1, 0.15) is 0 Å². The van der Waals surface area contributed by atoms with Crippen LogP contribution in [0.1, 0.15) is 5.56 Å². The smallest absolute Gasteiger partial charge is 0.314 e. The van der Waals surface area contributed by atoms with E-state index in [9.17, 15) is 18.0 Å². The minimum absolute atomic E-state index is 0.0977. The molecule has 0 saturated heterocycles. The summed E-state index contributed by atoms with van der Waals surface area (Å²) in [5, 5.41) is 10.2. The van der Waals surface area contributed by atoms with Crippen molar-refractivity contribution >= 4 is 44.8 Å². The van der Waals surface area contributed by atoms with Gasteiger partial charge in [0, 0.05) is 16.4 Å². The summed E-state index contributed by atoms with van der Waals surface area (Å²) >= 11 is 5.85. The highest BCUT2D eigenvalue weighted by Gasteiger charge is 2.16. The second-order valence-corrected chi connectivity index (χ2v) is 6.93. The molecule has 0 aromatic heterocycles. The first-order valence-electron chi connectivity index (χ1n) is 6.68. The van der Waals surface area contributed by atoms with Crippen LogP contribution < -0.4 is 15.8 Å². The quantitative estimate of drug-likeness (QED) is 0.717. The van der Waals surface area contributed by atoms with Crippen molar-refractivity contribution < 1.29 is 18.0 Å². The van der Waals surface area contributed by atoms with Crippen molar-refractivity contribution in [1.29, 1.82) is 0 Å². The van der Waals surface area contributed by atoms with Gasteiger partial charge in [0.2, 0.25) is 10.0 Å². The highest BCUT2D eigenvalue weighted by atomic mass is 35.5. The Balaban J connectivity index is 2.06. The zero-order valence-corrected chi connectivity index (χ0v) is 14.1. The summed E-state index contributed by atoms with van der Waals surface area (Å²) in [4.78, 5) is 23.7. The standard InChI is InChI=1S/C15H14ClN3O4S/c1-9-2-3-10(16)8-13(9)19-15(21)14(20)18-11-4-6-12(7-5-11)24(17,22)23/h2-8H,1H3,(H,18,20)(H,19,21)(H2,17,22,23). The van der Waals surface area contributed by atoms with Crippen LogP contribution in [-0.2, 0) is 19.6 Å². The number of amides is 2. The zero-order valence-electron chi connectivity index (χ0n) is 12.5. The van der Waals surface area contributed by atoms with E-state index >= 15 is 0 Å². The lowest BCUT2D eigenvalue weighted by atomic mass is 10.2. The first-order valence-corrected chi connectivity index (χ1v) is 8.60. The summed E-state index contributed by atoms with van der Waals surface area (Å²) in [5.74, 6) is -1.78. The van der Waals surface area contributed by atoms with Crippen LogP contribution in [0.25, 0.3) is 0 Å². The van der Waals surface area contributed by atoms with Gasteiger partial charge in [-0.3, -0.25) is 9.59 Å². The van der Waals surface area contributed by atoms with Gasteiger partial charge < -0.3 is 10.6 Å². The number of benzene rings is 2. The van der Waals surface area contributed by atoms with Gasteiger partial charge in [-0.1, -0.05) is 17.7 Å². The normalized spacial score (nSPS) is 11.0. The number of carbonyl (C=O) groups excluding carboxylic acids is 2. The topological polar surface area (TPSA) is 118 Å². The third-order valence-corrected chi connectivity index (χ3v) is 4.26. The number of nitrogens with one attached hydrogen (secondary N) is 2. The molecule has 0 aliphatic rings. The van der Waals surface area contributed by atoms with Gasteiger partial charge in [-0.15, -0.1) is 0 Å². The second kappa shape index (κ2) is 7.00. The van der Waals surface area contributed by atoms with Crippen molar-refractivity contribution in [1.82, 2.24) is 0 Å². The molecule has 0 fully saturated rings. The van der Waals surface area contributed by atoms with Crippen LogP contribution in [0, 0.1) is 6.92 Å². The Bertz CT molecular complexity index is 895. The van der Waals surface area contributed by atoms with Crippen molar-refractivity contribution in [2.24, 2.45) is 5.14 Å². The average molecular weight is 368 g/mol. The van der Waals surface area contributed by atoms with E-state index in [1.54, 1.807) is 19.1 Å². The lowest BCUT2D eigenvalue weighted by molar-refractivity contribution is -0.133. The fourth-order valence-corrected chi connectivity index (χ4v) is 2.51. The van der Waals surface area contributed by atoms with Gasteiger partial charge in [0.15, 0.2) is 0 Å². The predicted molar refractivity (Wildman–Crippen MR) is 91.3 cm³/mol. The highest BCUT2D eigenvalue weighted by Crippen LogP contribution is 2.20. The molecule has 0 saturated carbocycles. The minimum Gasteiger partial charge on any atom is -0.318 e. The number of rotatable bonds is 3. The number of nitrogens with two attached hydrogens (primary N) is 1. The van der Waals surface area contributed by atoms with Gasteiger partial charge in [-0.25, -0.2) is 13.6 Å². The Hall–Kier alpha value is -2.42. The molecular formula is C15H14ClN3O4S. The van der Waals surface area contributed by atoms with Crippen LogP contribution in [0.15, 0.2) is 47.4 Å². The first-order chi connectivity index (χ1) is 11.2. The molecule has 0 bridgehead atoms. The number of carbonyl (C=O) groups is 2. The van der Waals surface area contributed by atoms with Crippen molar-refractivity contribution in [2.75, 3.05) is 10.6 Å². The van der Waals surface area contributed by atoms with Crippen LogP contribution in [0.4, 0.5) is 11.4 Å². The molecule has 2 aromatic rings. The maximum atomic E-state index is 11.9. The van der Waals surface area contributed by atoms with Crippen LogP contribution >= 0.6 is 11.6 Å². The minimum atomic E-state index is -3.82. The molecule has 0 atom stereocenters. The lowest BCUT2D eigenvalue weighted by Crippen LogP contribution is -2.29. The molecule has 126 valence electrons. The van der Waals surface area contributed by atoms with Crippen LogP contribution in [-0.4, -0.2) is 20.2 Å². The van der Waals surface area contributed by atoms with Crippen LogP contribution in [0.3, 0.4) is 0 Å². The molecule has 2 aromatic carbocycles. The van der Waals surface area contributed by atoms with E-state index in [4.69, 9.17) is 16.7 Å². The number of aryl methyl sites for hydroxylation is 1. The van der Waals surface area contributed by atoms with Gasteiger partial charge in [0.05, 0.1) is 4.90 Å². The van der Waals surface area contributed by atoms with Gasteiger partial charge in [-0.2, -0.15) is 0 Å². The Morgan fingerprint density at radius 3 is 2.17 bits per heavy atom. The summed E-state index contributed by atoms with van der Waals surface area (Å²) in [6.07, 6.45) is 0. The number of hydrogen-bond acceptors (Lipinski definition) is 4. The lowest BCUT2D eigenvalue weighted by Gasteiger charge is -2.09. The van der Waals surface area contributed by atoms with Crippen molar-refractivity contribution in [3.63, 3.8) is 0 Å². The molecule has 0 heterocycles. The monoisotopic (exact) mass is 367 g/mol. The summed E-state index contributed by atoms with van der Waals surface area (Å²) in [7, 11) is -3.82. The van der Waals surface area contributed by atoms with E-state index in [2.05, 4.69) is 10.6 Å². The number of hydrogen-bond donors (Lipinski definition) is 3. The number of halogens is 1. The zero-order chi connectivity index (χ0) is 17.9. The molecule has 9 heteroatoms. The molecule has 24 heavy (non-hydrogen) atoms. The molecule has 4 N–H and O–H groups in total. The molecular weight excluding hydrogens is 354 g/mol. The van der Waals surface area contributed by atoms with Crippen molar-refractivity contribution in [3.05, 3.63) is 53.1 Å². The van der Waals surface area contributed by atoms with Crippen molar-refractivity contribution in [3.8, 4) is 0 Å². The van der Waals surface area contributed by atoms with E-state index in [1.807, 2.05) is 0 Å². The molecule has 0 aliphatic carbocycles. The first kappa shape index (κ1) is 17.9. The number of anilines is 2. The number of primary sulfonamides is 1.